The Kier molecular flexibility index (Phi) is 4.41. The lowest BCUT2D eigenvalue weighted by Gasteiger charge is -2.42. The van der Waals surface area contributed by atoms with Crippen molar-refractivity contribution in [3.63, 3.8) is 0 Å². The summed E-state index contributed by atoms with van der Waals surface area (Å²) in [6.07, 6.45) is 8.09. The number of aliphatic hydroxyl groups excluding tert-OH is 1. The molecule has 142 valence electrons. The molecule has 0 unspecified atom stereocenters. The summed E-state index contributed by atoms with van der Waals surface area (Å²) in [5.41, 5.74) is 4.53. The van der Waals surface area contributed by atoms with E-state index in [0.717, 1.165) is 50.2 Å². The number of piperidine rings is 1. The van der Waals surface area contributed by atoms with E-state index < -0.39 is 0 Å². The first-order valence-corrected chi connectivity index (χ1v) is 9.96. The van der Waals surface area contributed by atoms with Crippen LogP contribution in [0.3, 0.4) is 0 Å². The first-order chi connectivity index (χ1) is 13.7. The van der Waals surface area contributed by atoms with Gasteiger partial charge in [0.2, 0.25) is 0 Å². The lowest BCUT2D eigenvalue weighted by molar-refractivity contribution is 0.0413. The van der Waals surface area contributed by atoms with E-state index in [1.54, 1.807) is 6.20 Å². The molecule has 1 aliphatic carbocycles. The molecule has 2 aromatic heterocycles. The number of likely N-dealkylation sites (tertiary alicyclic amines) is 1. The van der Waals surface area contributed by atoms with Crippen LogP contribution >= 0.6 is 0 Å². The zero-order valence-electron chi connectivity index (χ0n) is 15.8. The van der Waals surface area contributed by atoms with Gasteiger partial charge in [-0.15, -0.1) is 0 Å². The van der Waals surface area contributed by atoms with Gasteiger partial charge < -0.3 is 5.11 Å². The molecule has 0 saturated carbocycles. The van der Waals surface area contributed by atoms with Crippen molar-refractivity contribution < 1.29 is 5.11 Å². The van der Waals surface area contributed by atoms with Crippen molar-refractivity contribution in [2.24, 2.45) is 0 Å². The van der Waals surface area contributed by atoms with Crippen molar-refractivity contribution in [2.45, 2.75) is 37.3 Å². The number of aromatic nitrogens is 3. The van der Waals surface area contributed by atoms with Crippen LogP contribution in [0.5, 0.6) is 0 Å². The molecular formula is C23H24N4O. The van der Waals surface area contributed by atoms with Gasteiger partial charge in [0.05, 0.1) is 6.10 Å². The Morgan fingerprint density at radius 1 is 0.964 bits per heavy atom. The highest BCUT2D eigenvalue weighted by molar-refractivity contribution is 5.47. The highest BCUT2D eigenvalue weighted by atomic mass is 16.3. The number of aliphatic hydroxyl groups is 1. The minimum atomic E-state index is -0.256. The highest BCUT2D eigenvalue weighted by Crippen LogP contribution is 2.46. The molecule has 5 nitrogen and oxygen atoms in total. The molecule has 1 atom stereocenters. The van der Waals surface area contributed by atoms with Gasteiger partial charge in [-0.3, -0.25) is 9.88 Å². The van der Waals surface area contributed by atoms with Crippen molar-refractivity contribution in [3.05, 3.63) is 77.7 Å². The molecule has 1 saturated heterocycles. The molecular weight excluding hydrogens is 348 g/mol. The summed E-state index contributed by atoms with van der Waals surface area (Å²) in [7, 11) is 0. The molecule has 3 heterocycles. The summed E-state index contributed by atoms with van der Waals surface area (Å²) in [5.74, 6) is 0.660. The van der Waals surface area contributed by atoms with E-state index in [-0.39, 0.29) is 11.5 Å². The van der Waals surface area contributed by atoms with Crippen LogP contribution in [-0.4, -0.2) is 44.2 Å². The van der Waals surface area contributed by atoms with Gasteiger partial charge in [0.25, 0.3) is 0 Å². The Labute approximate surface area is 165 Å². The minimum absolute atomic E-state index is 0.0631. The van der Waals surface area contributed by atoms with Crippen LogP contribution in [0.4, 0.5) is 0 Å². The van der Waals surface area contributed by atoms with Gasteiger partial charge >= 0.3 is 0 Å². The molecule has 0 amide bonds. The quantitative estimate of drug-likeness (QED) is 0.766. The maximum absolute atomic E-state index is 10.8. The Bertz CT molecular complexity index is 950. The summed E-state index contributed by atoms with van der Waals surface area (Å²) >= 11 is 0. The van der Waals surface area contributed by atoms with Crippen LogP contribution in [0.15, 0.2) is 61.1 Å². The number of fused-ring (bicyclic) bond motifs is 2. The first kappa shape index (κ1) is 17.5. The molecule has 5 heteroatoms. The zero-order chi connectivity index (χ0) is 19.0. The summed E-state index contributed by atoms with van der Waals surface area (Å²) in [6.45, 7) is 2.80. The lowest BCUT2D eigenvalue weighted by Crippen LogP contribution is -2.47. The van der Waals surface area contributed by atoms with Crippen molar-refractivity contribution >= 4 is 0 Å². The van der Waals surface area contributed by atoms with Gasteiger partial charge in [0.1, 0.15) is 5.69 Å². The number of hydrogen-bond donors (Lipinski definition) is 1. The molecule has 3 aromatic rings. The molecule has 1 fully saturated rings. The normalized spacial score (nSPS) is 21.0. The van der Waals surface area contributed by atoms with Crippen LogP contribution < -0.4 is 0 Å². The van der Waals surface area contributed by atoms with E-state index in [0.29, 0.717) is 5.82 Å². The summed E-state index contributed by atoms with van der Waals surface area (Å²) in [5, 5.41) is 10.8. The molecule has 0 bridgehead atoms. The summed E-state index contributed by atoms with van der Waals surface area (Å²) in [4.78, 5) is 15.7. The number of benzene rings is 1. The second-order valence-electron chi connectivity index (χ2n) is 7.94. The average molecular weight is 372 g/mol. The van der Waals surface area contributed by atoms with Gasteiger partial charge in [-0.2, -0.15) is 0 Å². The predicted molar refractivity (Wildman–Crippen MR) is 108 cm³/mol. The van der Waals surface area contributed by atoms with Gasteiger partial charge in [-0.25, -0.2) is 9.97 Å². The molecule has 5 rings (SSSR count). The van der Waals surface area contributed by atoms with Crippen LogP contribution in [0.25, 0.3) is 11.5 Å². The zero-order valence-corrected chi connectivity index (χ0v) is 15.8. The molecule has 2 aliphatic rings. The van der Waals surface area contributed by atoms with Crippen molar-refractivity contribution in [2.75, 3.05) is 13.1 Å². The third kappa shape index (κ3) is 3.01. The van der Waals surface area contributed by atoms with Crippen LogP contribution in [0, 0.1) is 0 Å². The fraction of sp³-hybridized carbons (Fsp3) is 0.348. The second-order valence-corrected chi connectivity index (χ2v) is 7.94. The summed E-state index contributed by atoms with van der Waals surface area (Å²) < 4.78 is 0. The fourth-order valence-electron chi connectivity index (χ4n) is 4.80. The fourth-order valence-corrected chi connectivity index (χ4v) is 4.80. The average Bonchev–Trinajstić information content (AvgIpc) is 3.02. The van der Waals surface area contributed by atoms with Crippen molar-refractivity contribution in [1.29, 1.82) is 0 Å². The topological polar surface area (TPSA) is 62.1 Å². The Balaban J connectivity index is 1.26. The number of rotatable bonds is 3. The van der Waals surface area contributed by atoms with Gasteiger partial charge in [-0.1, -0.05) is 30.3 Å². The summed E-state index contributed by atoms with van der Waals surface area (Å²) in [6, 6.07) is 14.3. The van der Waals surface area contributed by atoms with Crippen LogP contribution in [0.1, 0.15) is 29.5 Å². The first-order valence-electron chi connectivity index (χ1n) is 9.96. The number of pyridine rings is 1. The molecule has 1 aliphatic heterocycles. The van der Waals surface area contributed by atoms with E-state index in [1.165, 1.54) is 11.1 Å². The van der Waals surface area contributed by atoms with Crippen molar-refractivity contribution in [1.82, 2.24) is 19.9 Å². The van der Waals surface area contributed by atoms with E-state index in [9.17, 15) is 5.11 Å². The maximum atomic E-state index is 10.8. The van der Waals surface area contributed by atoms with E-state index in [4.69, 9.17) is 0 Å². The molecule has 1 spiro atoms. The standard InChI is InChI=1S/C23H24N4O/c28-21-13-18-5-1-2-6-19(18)23(21)8-11-27(12-9-23)16-17-14-25-22(26-15-17)20-7-3-4-10-24-20/h1-7,10,14-15,21,28H,8-9,11-13,16H2/t21-/m1/s1. The molecule has 0 radical (unpaired) electrons. The van der Waals surface area contributed by atoms with Crippen LogP contribution in [0.2, 0.25) is 0 Å². The molecule has 1 aromatic carbocycles. The number of nitrogens with zero attached hydrogens (tertiary/aromatic N) is 4. The Morgan fingerprint density at radius 2 is 1.71 bits per heavy atom. The number of hydrogen-bond acceptors (Lipinski definition) is 5. The van der Waals surface area contributed by atoms with E-state index >= 15 is 0 Å². The SMILES string of the molecule is O[C@@H]1Cc2ccccc2C12CCN(Cc1cnc(-c3ccccn3)nc1)CC2. The van der Waals surface area contributed by atoms with Crippen molar-refractivity contribution in [3.8, 4) is 11.5 Å². The van der Waals surface area contributed by atoms with Gasteiger partial charge in [0, 0.05) is 36.1 Å². The second kappa shape index (κ2) is 7.08. The Morgan fingerprint density at radius 3 is 2.46 bits per heavy atom. The monoisotopic (exact) mass is 372 g/mol. The largest absolute Gasteiger partial charge is 0.392 e. The van der Waals surface area contributed by atoms with E-state index in [2.05, 4.69) is 44.1 Å². The van der Waals surface area contributed by atoms with Crippen LogP contribution in [-0.2, 0) is 18.4 Å². The van der Waals surface area contributed by atoms with Gasteiger partial charge in [0.15, 0.2) is 5.82 Å². The Hall–Kier alpha value is -2.63. The maximum Gasteiger partial charge on any atom is 0.178 e. The van der Waals surface area contributed by atoms with Gasteiger partial charge in [-0.05, 0) is 55.6 Å². The molecule has 1 N–H and O–H groups in total. The molecule has 28 heavy (non-hydrogen) atoms. The van der Waals surface area contributed by atoms with E-state index in [1.807, 2.05) is 30.6 Å². The third-order valence-electron chi connectivity index (χ3n) is 6.36. The predicted octanol–water partition coefficient (Wildman–Crippen LogP) is 2.99. The lowest BCUT2D eigenvalue weighted by atomic mass is 9.72. The third-order valence-corrected chi connectivity index (χ3v) is 6.36. The highest BCUT2D eigenvalue weighted by Gasteiger charge is 2.47. The minimum Gasteiger partial charge on any atom is -0.392 e. The smallest absolute Gasteiger partial charge is 0.178 e.